The van der Waals surface area contributed by atoms with Gasteiger partial charge >= 0.3 is 0 Å². The largest absolute Gasteiger partial charge is 0.504 e. The molecule has 4 aliphatic rings. The first kappa shape index (κ1) is 40.9. The van der Waals surface area contributed by atoms with Crippen LogP contribution in [-0.2, 0) is 19.2 Å². The molecule has 4 amide bonds. The Morgan fingerprint density at radius 2 is 1.00 bits per heavy atom. The molecule has 5 aromatic rings. The Hall–Kier alpha value is -7.48. The van der Waals surface area contributed by atoms with Gasteiger partial charge < -0.3 is 19.6 Å². The molecule has 6 unspecified atom stereocenters. The van der Waals surface area contributed by atoms with E-state index in [0.29, 0.717) is 46.1 Å². The number of aromatic hydroxyl groups is 1. The number of ether oxygens (including phenoxy) is 1. The lowest BCUT2D eigenvalue weighted by Crippen LogP contribution is -2.43. The molecule has 9 rings (SSSR count). The molecular formula is C49H46N8O6. The van der Waals surface area contributed by atoms with Gasteiger partial charge in [-0.25, -0.2) is 0 Å². The third-order valence-corrected chi connectivity index (χ3v) is 12.7. The molecule has 5 aromatic carbocycles. The Morgan fingerprint density at radius 3 is 1.46 bits per heavy atom. The van der Waals surface area contributed by atoms with Crippen molar-refractivity contribution in [2.75, 3.05) is 54.9 Å². The van der Waals surface area contributed by atoms with Crippen molar-refractivity contribution in [3.05, 3.63) is 132 Å². The van der Waals surface area contributed by atoms with E-state index in [2.05, 4.69) is 20.5 Å². The Kier molecular flexibility index (Phi) is 10.7. The first-order chi connectivity index (χ1) is 30.4. The number of allylic oxidation sites excluding steroid dienone is 2. The minimum absolute atomic E-state index is 0.0699. The lowest BCUT2D eigenvalue weighted by atomic mass is 9.57. The van der Waals surface area contributed by atoms with Crippen molar-refractivity contribution in [3.63, 3.8) is 0 Å². The van der Waals surface area contributed by atoms with Crippen LogP contribution in [0.5, 0.6) is 11.5 Å². The van der Waals surface area contributed by atoms with E-state index >= 15 is 0 Å². The van der Waals surface area contributed by atoms with Crippen molar-refractivity contribution in [1.82, 2.24) is 0 Å². The van der Waals surface area contributed by atoms with Gasteiger partial charge in [-0.3, -0.25) is 29.0 Å². The summed E-state index contributed by atoms with van der Waals surface area (Å²) in [6.07, 6.45) is 2.50. The monoisotopic (exact) mass is 842 g/mol. The number of anilines is 4. The van der Waals surface area contributed by atoms with Crippen molar-refractivity contribution in [2.24, 2.45) is 50.0 Å². The molecule has 1 saturated carbocycles. The zero-order valence-electron chi connectivity index (χ0n) is 35.5. The van der Waals surface area contributed by atoms with Crippen LogP contribution in [0.2, 0.25) is 0 Å². The molecular weight excluding hydrogens is 797 g/mol. The highest BCUT2D eigenvalue weighted by atomic mass is 16.5. The Balaban J connectivity index is 0.992. The topological polar surface area (TPSA) is 160 Å². The van der Waals surface area contributed by atoms with E-state index in [4.69, 9.17) is 4.74 Å². The number of hydrogen-bond acceptors (Lipinski definition) is 12. The SMILES string of the molecule is COc1cc(C2C3=CCC4C(=O)N(c5ccc(N=Nc6ccc(N(C)C)cc6)cc5)C(=O)C4C3CC3C(=O)N(c4ccc(N=Nc5ccc(N(C)C)cc5)cc4)C(=O)C32)ccc1O. The van der Waals surface area contributed by atoms with Gasteiger partial charge in [0.25, 0.3) is 0 Å². The number of carbonyl (C=O) groups is 4. The van der Waals surface area contributed by atoms with E-state index in [1.54, 1.807) is 60.7 Å². The first-order valence-electron chi connectivity index (χ1n) is 20.8. The van der Waals surface area contributed by atoms with Gasteiger partial charge in [0.1, 0.15) is 0 Å². The quantitative estimate of drug-likeness (QED) is 0.0827. The summed E-state index contributed by atoms with van der Waals surface area (Å²) in [5, 5.41) is 28.0. The second-order valence-corrected chi connectivity index (χ2v) is 16.7. The van der Waals surface area contributed by atoms with E-state index in [0.717, 1.165) is 16.9 Å². The third kappa shape index (κ3) is 7.40. The highest BCUT2D eigenvalue weighted by Gasteiger charge is 2.62. The smallest absolute Gasteiger partial charge is 0.238 e. The predicted octanol–water partition coefficient (Wildman–Crippen LogP) is 9.41. The van der Waals surface area contributed by atoms with Gasteiger partial charge in [0.2, 0.25) is 23.6 Å². The van der Waals surface area contributed by atoms with E-state index < -0.39 is 35.5 Å². The average Bonchev–Trinajstić information content (AvgIpc) is 3.70. The maximum absolute atomic E-state index is 14.7. The fourth-order valence-electron chi connectivity index (χ4n) is 9.56. The number of methoxy groups -OCH3 is 1. The highest BCUT2D eigenvalue weighted by molar-refractivity contribution is 6.24. The minimum Gasteiger partial charge on any atom is -0.504 e. The number of carbonyl (C=O) groups excluding carboxylic acids is 4. The number of azo groups is 2. The number of amides is 4. The second kappa shape index (κ2) is 16.4. The summed E-state index contributed by atoms with van der Waals surface area (Å²) in [5.74, 6) is -5.34. The molecule has 6 atom stereocenters. The zero-order chi connectivity index (χ0) is 44.1. The predicted molar refractivity (Wildman–Crippen MR) is 240 cm³/mol. The summed E-state index contributed by atoms with van der Waals surface area (Å²) in [6.45, 7) is 0. The fourth-order valence-corrected chi connectivity index (χ4v) is 9.56. The van der Waals surface area contributed by atoms with Crippen LogP contribution < -0.4 is 24.3 Å². The molecule has 0 spiro atoms. The normalized spacial score (nSPS) is 23.0. The Morgan fingerprint density at radius 1 is 0.556 bits per heavy atom. The number of phenols is 1. The molecule has 2 heterocycles. The van der Waals surface area contributed by atoms with Crippen molar-refractivity contribution in [3.8, 4) is 11.5 Å². The molecule has 3 fully saturated rings. The summed E-state index contributed by atoms with van der Waals surface area (Å²) in [7, 11) is 9.30. The molecule has 14 heteroatoms. The van der Waals surface area contributed by atoms with Gasteiger partial charge in [-0.2, -0.15) is 20.5 Å². The third-order valence-electron chi connectivity index (χ3n) is 12.7. The number of benzene rings is 5. The van der Waals surface area contributed by atoms with E-state index in [-0.39, 0.29) is 41.5 Å². The number of imide groups is 2. The summed E-state index contributed by atoms with van der Waals surface area (Å²) in [5.41, 5.74) is 6.86. The molecule has 0 aromatic heterocycles. The maximum atomic E-state index is 14.7. The molecule has 63 heavy (non-hydrogen) atoms. The summed E-state index contributed by atoms with van der Waals surface area (Å²) in [4.78, 5) is 64.5. The molecule has 1 N–H and O–H groups in total. The van der Waals surface area contributed by atoms with Crippen LogP contribution in [0.3, 0.4) is 0 Å². The summed E-state index contributed by atoms with van der Waals surface area (Å²) in [6, 6.07) is 33.8. The van der Waals surface area contributed by atoms with Crippen LogP contribution in [0.1, 0.15) is 24.3 Å². The molecule has 0 radical (unpaired) electrons. The number of nitrogens with zero attached hydrogens (tertiary/aromatic N) is 8. The van der Waals surface area contributed by atoms with Crippen molar-refractivity contribution >= 4 is 69.1 Å². The Bertz CT molecular complexity index is 2690. The minimum atomic E-state index is -0.800. The molecule has 2 aliphatic carbocycles. The Labute approximate surface area is 364 Å². The van der Waals surface area contributed by atoms with Crippen molar-refractivity contribution < 1.29 is 29.0 Å². The fraction of sp³-hybridized carbons (Fsp3) is 0.265. The highest BCUT2D eigenvalue weighted by Crippen LogP contribution is 2.59. The first-order valence-corrected chi connectivity index (χ1v) is 20.8. The van der Waals surface area contributed by atoms with E-state index in [1.807, 2.05) is 92.6 Å². The van der Waals surface area contributed by atoms with E-state index in [9.17, 15) is 24.3 Å². The molecule has 2 aliphatic heterocycles. The summed E-state index contributed by atoms with van der Waals surface area (Å²) >= 11 is 0. The van der Waals surface area contributed by atoms with Crippen LogP contribution >= 0.6 is 0 Å². The molecule has 318 valence electrons. The van der Waals surface area contributed by atoms with Gasteiger partial charge in [-0.15, -0.1) is 0 Å². The van der Waals surface area contributed by atoms with E-state index in [1.165, 1.54) is 23.0 Å². The summed E-state index contributed by atoms with van der Waals surface area (Å²) < 4.78 is 5.49. The maximum Gasteiger partial charge on any atom is 0.238 e. The molecule has 14 nitrogen and oxygen atoms in total. The molecule has 2 saturated heterocycles. The van der Waals surface area contributed by atoms with Crippen LogP contribution in [0.15, 0.2) is 147 Å². The zero-order valence-corrected chi connectivity index (χ0v) is 35.5. The lowest BCUT2D eigenvalue weighted by Gasteiger charge is -2.44. The lowest BCUT2D eigenvalue weighted by molar-refractivity contribution is -0.126. The van der Waals surface area contributed by atoms with Gasteiger partial charge in [-0.05, 0) is 134 Å². The standard InChI is InChI=1S/C49H46N8O6/c1-54(2)33-15-7-29(8-16-33)50-52-31-11-19-35(20-12-31)56-46(59)38-24-23-37-39(44(38)48(56)61)27-40-45(43(37)28-6-25-41(58)42(26-28)63-5)49(62)57(47(40)60)36-21-13-32(14-22-36)53-51-30-9-17-34(18-10-30)55(3)4/h6-23,25-26,38-40,43-45,58H,24,27H2,1-5H3. The van der Waals surface area contributed by atoms with Crippen LogP contribution in [0, 0.1) is 29.6 Å². The van der Waals surface area contributed by atoms with Gasteiger partial charge in [0.15, 0.2) is 11.5 Å². The second-order valence-electron chi connectivity index (χ2n) is 16.7. The number of fused-ring (bicyclic) bond motifs is 4. The number of hydrogen-bond donors (Lipinski definition) is 1. The van der Waals surface area contributed by atoms with Crippen LogP contribution in [0.4, 0.5) is 45.5 Å². The van der Waals surface area contributed by atoms with Crippen molar-refractivity contribution in [1.29, 1.82) is 0 Å². The van der Waals surface area contributed by atoms with Crippen LogP contribution in [0.25, 0.3) is 0 Å². The average molecular weight is 843 g/mol. The van der Waals surface area contributed by atoms with Gasteiger partial charge in [-0.1, -0.05) is 17.7 Å². The van der Waals surface area contributed by atoms with Gasteiger partial charge in [0.05, 0.1) is 64.9 Å². The number of rotatable bonds is 10. The van der Waals surface area contributed by atoms with Crippen molar-refractivity contribution in [2.45, 2.75) is 18.8 Å². The number of phenolic OH excluding ortho intramolecular Hbond substituents is 1. The van der Waals surface area contributed by atoms with Gasteiger partial charge in [0, 0.05) is 45.5 Å². The molecule has 0 bridgehead atoms. The van der Waals surface area contributed by atoms with Crippen LogP contribution in [-0.4, -0.2) is 64.0 Å².